The van der Waals surface area contributed by atoms with Crippen LogP contribution in [-0.4, -0.2) is 35.7 Å². The smallest absolute Gasteiger partial charge is 0.193 e. The van der Waals surface area contributed by atoms with Gasteiger partial charge in [-0.2, -0.15) is 0 Å². The van der Waals surface area contributed by atoms with E-state index in [0.29, 0.717) is 22.6 Å². The predicted octanol–water partition coefficient (Wildman–Crippen LogP) is 4.56. The normalized spacial score (nSPS) is 15.4. The Morgan fingerprint density at radius 2 is 1.00 bits per heavy atom. The first-order chi connectivity index (χ1) is 13.3. The summed E-state index contributed by atoms with van der Waals surface area (Å²) < 4.78 is 44.7. The lowest BCUT2D eigenvalue weighted by molar-refractivity contribution is 0.287. The minimum atomic E-state index is -2.88. The van der Waals surface area contributed by atoms with Gasteiger partial charge in [-0.1, -0.05) is 35.4 Å². The number of aryl methyl sites for hydroxylation is 2. The van der Waals surface area contributed by atoms with Crippen molar-refractivity contribution in [2.24, 2.45) is 8.73 Å². The fraction of sp³-hybridized carbons (Fsp3) is 0.400. The number of nitrogens with zero attached hydrogens (tertiary/aromatic N) is 2. The van der Waals surface area contributed by atoms with Crippen LogP contribution in [0.25, 0.3) is 0 Å². The molecule has 28 heavy (non-hydrogen) atoms. The zero-order valence-corrected chi connectivity index (χ0v) is 18.4. The van der Waals surface area contributed by atoms with E-state index in [1.54, 1.807) is 24.3 Å². The SMILES string of the molecule is CN=[S@](=O)(OCCCCO[S@@](=O)(=NC)c1ccc(C)cc1)c1ccc(C)cc1. The molecule has 0 N–H and O–H groups in total. The first kappa shape index (κ1) is 22.5. The van der Waals surface area contributed by atoms with Crippen LogP contribution in [0.15, 0.2) is 67.0 Å². The third kappa shape index (κ3) is 5.88. The number of rotatable bonds is 9. The molecule has 0 unspecified atom stereocenters. The Morgan fingerprint density at radius 1 is 0.679 bits per heavy atom. The maximum atomic E-state index is 12.8. The molecule has 0 amide bonds. The van der Waals surface area contributed by atoms with Crippen LogP contribution in [0.3, 0.4) is 0 Å². The van der Waals surface area contributed by atoms with Crippen molar-refractivity contribution in [1.29, 1.82) is 0 Å². The van der Waals surface area contributed by atoms with Gasteiger partial charge in [-0.25, -0.2) is 17.1 Å². The lowest BCUT2D eigenvalue weighted by atomic mass is 10.2. The van der Waals surface area contributed by atoms with E-state index in [1.165, 1.54) is 14.1 Å². The molecule has 0 aliphatic carbocycles. The van der Waals surface area contributed by atoms with Crippen molar-refractivity contribution >= 4 is 20.0 Å². The molecule has 0 aromatic heterocycles. The lowest BCUT2D eigenvalue weighted by Crippen LogP contribution is -2.10. The molecule has 0 aliphatic rings. The van der Waals surface area contributed by atoms with Crippen molar-refractivity contribution in [2.45, 2.75) is 36.5 Å². The summed E-state index contributed by atoms with van der Waals surface area (Å²) >= 11 is 0. The molecule has 0 heterocycles. The van der Waals surface area contributed by atoms with Crippen molar-refractivity contribution < 1.29 is 16.8 Å². The Kier molecular flexibility index (Phi) is 8.18. The van der Waals surface area contributed by atoms with Crippen molar-refractivity contribution in [1.82, 2.24) is 0 Å². The highest BCUT2D eigenvalue weighted by molar-refractivity contribution is 7.89. The van der Waals surface area contributed by atoms with Crippen molar-refractivity contribution in [3.8, 4) is 0 Å². The first-order valence-electron chi connectivity index (χ1n) is 9.05. The van der Waals surface area contributed by atoms with E-state index in [0.717, 1.165) is 11.1 Å². The number of benzene rings is 2. The molecule has 2 aromatic carbocycles. The third-order valence-corrected chi connectivity index (χ3v) is 7.81. The second kappa shape index (κ2) is 10.2. The van der Waals surface area contributed by atoms with E-state index in [1.807, 2.05) is 38.1 Å². The minimum absolute atomic E-state index is 0.266. The second-order valence-corrected chi connectivity index (χ2v) is 10.3. The summed E-state index contributed by atoms with van der Waals surface area (Å²) in [5.74, 6) is 0. The summed E-state index contributed by atoms with van der Waals surface area (Å²) in [6.07, 6.45) is 1.21. The minimum Gasteiger partial charge on any atom is -0.281 e. The summed E-state index contributed by atoms with van der Waals surface area (Å²) in [5.41, 5.74) is 2.16. The summed E-state index contributed by atoms with van der Waals surface area (Å²) in [7, 11) is -2.78. The van der Waals surface area contributed by atoms with Crippen molar-refractivity contribution in [3.05, 3.63) is 59.7 Å². The molecule has 8 heteroatoms. The van der Waals surface area contributed by atoms with Gasteiger partial charge >= 0.3 is 0 Å². The van der Waals surface area contributed by atoms with E-state index >= 15 is 0 Å². The highest BCUT2D eigenvalue weighted by Gasteiger charge is 2.14. The Bertz CT molecular complexity index is 916. The van der Waals surface area contributed by atoms with Gasteiger partial charge in [0.2, 0.25) is 0 Å². The molecule has 0 saturated heterocycles. The second-order valence-electron chi connectivity index (χ2n) is 6.29. The standard InChI is InChI=1S/C20H28N2O4S2/c1-17-7-11-19(12-8-17)27(23,21-3)25-15-5-6-16-26-28(24,22-4)20-13-9-18(2)10-14-20/h7-14H,5-6,15-16H2,1-4H3/t27-,28-/m1/s1. The quantitative estimate of drug-likeness (QED) is 0.553. The van der Waals surface area contributed by atoms with E-state index in [-0.39, 0.29) is 13.2 Å². The maximum Gasteiger partial charge on any atom is 0.193 e. The molecular formula is C20H28N2O4S2. The Labute approximate surface area is 169 Å². The monoisotopic (exact) mass is 424 g/mol. The Balaban J connectivity index is 1.85. The predicted molar refractivity (Wildman–Crippen MR) is 113 cm³/mol. The largest absolute Gasteiger partial charge is 0.281 e. The topological polar surface area (TPSA) is 77.3 Å². The molecule has 0 spiro atoms. The lowest BCUT2D eigenvalue weighted by Gasteiger charge is -2.12. The number of unbranched alkanes of at least 4 members (excludes halogenated alkanes) is 1. The van der Waals surface area contributed by atoms with E-state index in [4.69, 9.17) is 8.37 Å². The average Bonchev–Trinajstić information content (AvgIpc) is 2.71. The number of hydrogen-bond acceptors (Lipinski definition) is 6. The van der Waals surface area contributed by atoms with Gasteiger partial charge in [0.25, 0.3) is 0 Å². The average molecular weight is 425 g/mol. The van der Waals surface area contributed by atoms with Gasteiger partial charge in [0.15, 0.2) is 20.0 Å². The molecule has 0 radical (unpaired) electrons. The summed E-state index contributed by atoms with van der Waals surface area (Å²) in [6.45, 7) is 4.46. The van der Waals surface area contributed by atoms with Crippen LogP contribution in [0.4, 0.5) is 0 Å². The molecule has 0 saturated carbocycles. The molecule has 0 aliphatic heterocycles. The molecule has 2 rings (SSSR count). The van der Waals surface area contributed by atoms with Gasteiger partial charge in [-0.3, -0.25) is 8.37 Å². The van der Waals surface area contributed by atoms with E-state index < -0.39 is 20.0 Å². The molecule has 154 valence electrons. The van der Waals surface area contributed by atoms with E-state index in [2.05, 4.69) is 8.73 Å². The third-order valence-electron chi connectivity index (χ3n) is 4.14. The van der Waals surface area contributed by atoms with Crippen LogP contribution in [0.1, 0.15) is 24.0 Å². The van der Waals surface area contributed by atoms with Gasteiger partial charge < -0.3 is 0 Å². The summed E-state index contributed by atoms with van der Waals surface area (Å²) in [5, 5.41) is 0. The Morgan fingerprint density at radius 3 is 1.29 bits per heavy atom. The molecule has 6 nitrogen and oxygen atoms in total. The summed E-state index contributed by atoms with van der Waals surface area (Å²) in [6, 6.07) is 14.6. The zero-order chi connectivity index (χ0) is 20.6. The van der Waals surface area contributed by atoms with Gasteiger partial charge in [0, 0.05) is 14.1 Å². The fourth-order valence-electron chi connectivity index (χ4n) is 2.42. The van der Waals surface area contributed by atoms with E-state index in [9.17, 15) is 8.42 Å². The van der Waals surface area contributed by atoms with Gasteiger partial charge in [-0.15, -0.1) is 0 Å². The molecule has 2 atom stereocenters. The van der Waals surface area contributed by atoms with Gasteiger partial charge in [0.05, 0.1) is 23.0 Å². The van der Waals surface area contributed by atoms with Crippen LogP contribution in [-0.2, 0) is 28.4 Å². The molecule has 0 fully saturated rings. The fourth-order valence-corrected chi connectivity index (χ4v) is 4.97. The highest BCUT2D eigenvalue weighted by atomic mass is 32.2. The van der Waals surface area contributed by atoms with Crippen molar-refractivity contribution in [2.75, 3.05) is 27.3 Å². The van der Waals surface area contributed by atoms with Crippen LogP contribution in [0.2, 0.25) is 0 Å². The van der Waals surface area contributed by atoms with Crippen LogP contribution in [0, 0.1) is 13.8 Å². The van der Waals surface area contributed by atoms with Gasteiger partial charge in [0.1, 0.15) is 0 Å². The molecular weight excluding hydrogens is 396 g/mol. The highest BCUT2D eigenvalue weighted by Crippen LogP contribution is 2.18. The maximum absolute atomic E-state index is 12.8. The Hall–Kier alpha value is -1.74. The van der Waals surface area contributed by atoms with Crippen molar-refractivity contribution in [3.63, 3.8) is 0 Å². The zero-order valence-electron chi connectivity index (χ0n) is 16.8. The van der Waals surface area contributed by atoms with Gasteiger partial charge in [-0.05, 0) is 51.0 Å². The van der Waals surface area contributed by atoms with Crippen LogP contribution in [0.5, 0.6) is 0 Å². The molecule has 0 bridgehead atoms. The first-order valence-corrected chi connectivity index (χ1v) is 11.9. The summed E-state index contributed by atoms with van der Waals surface area (Å²) in [4.78, 5) is 1.12. The van der Waals surface area contributed by atoms with Crippen LogP contribution < -0.4 is 0 Å². The number of hydrogen-bond donors (Lipinski definition) is 0. The molecule has 2 aromatic rings. The van der Waals surface area contributed by atoms with Crippen LogP contribution >= 0.6 is 0 Å².